The lowest BCUT2D eigenvalue weighted by atomic mass is 10.0. The number of aromatic hydroxyl groups is 1. The van der Waals surface area contributed by atoms with Crippen molar-refractivity contribution < 1.29 is 23.1 Å². The number of para-hydroxylation sites is 1. The number of benzene rings is 2. The van der Waals surface area contributed by atoms with Gasteiger partial charge in [0.1, 0.15) is 11.4 Å². The first-order chi connectivity index (χ1) is 12.7. The Kier molecular flexibility index (Phi) is 4.65. The van der Waals surface area contributed by atoms with Gasteiger partial charge >= 0.3 is 6.18 Å². The summed E-state index contributed by atoms with van der Waals surface area (Å²) in [5.41, 5.74) is 0.993. The van der Waals surface area contributed by atoms with Crippen LogP contribution in [0.3, 0.4) is 0 Å². The molecule has 0 fully saturated rings. The number of phenolic OH excluding ortho intramolecular Hbond substituents is 1. The van der Waals surface area contributed by atoms with E-state index in [2.05, 4.69) is 15.5 Å². The van der Waals surface area contributed by atoms with Crippen molar-refractivity contribution in [1.82, 2.24) is 10.2 Å². The van der Waals surface area contributed by atoms with Crippen molar-refractivity contribution in [3.8, 4) is 17.0 Å². The number of rotatable bonds is 3. The Morgan fingerprint density at radius 3 is 2.56 bits per heavy atom. The normalized spacial score (nSPS) is 11.4. The highest BCUT2D eigenvalue weighted by atomic mass is 19.4. The third-order valence-electron chi connectivity index (χ3n) is 4.28. The van der Waals surface area contributed by atoms with Crippen LogP contribution in [0.1, 0.15) is 27.2 Å². The van der Waals surface area contributed by atoms with E-state index >= 15 is 0 Å². The summed E-state index contributed by atoms with van der Waals surface area (Å²) in [5.74, 6) is -0.732. The lowest BCUT2D eigenvalue weighted by Crippen LogP contribution is -2.16. The maximum Gasteiger partial charge on any atom is 0.418 e. The number of nitrogens with one attached hydrogen (secondary N) is 2. The highest BCUT2D eigenvalue weighted by molar-refractivity contribution is 6.04. The Hall–Kier alpha value is -3.29. The van der Waals surface area contributed by atoms with Gasteiger partial charge in [-0.2, -0.15) is 18.3 Å². The molecule has 3 N–H and O–H groups in total. The van der Waals surface area contributed by atoms with E-state index in [1.54, 1.807) is 19.1 Å². The van der Waals surface area contributed by atoms with E-state index in [0.717, 1.165) is 11.6 Å². The second-order valence-electron chi connectivity index (χ2n) is 6.07. The Labute approximate surface area is 152 Å². The molecule has 1 heterocycles. The van der Waals surface area contributed by atoms with Crippen molar-refractivity contribution in [2.75, 3.05) is 5.32 Å². The van der Waals surface area contributed by atoms with Crippen LogP contribution in [0.5, 0.6) is 5.75 Å². The molecule has 5 nitrogen and oxygen atoms in total. The number of carbonyl (C=O) groups excluding carboxylic acids is 1. The molecule has 0 bridgehead atoms. The van der Waals surface area contributed by atoms with Crippen LogP contribution in [0.4, 0.5) is 18.9 Å². The summed E-state index contributed by atoms with van der Waals surface area (Å²) in [6, 6.07) is 9.54. The summed E-state index contributed by atoms with van der Waals surface area (Å²) in [6.07, 6.45) is -4.59. The predicted molar refractivity (Wildman–Crippen MR) is 94.6 cm³/mol. The number of phenols is 1. The first kappa shape index (κ1) is 18.5. The number of anilines is 1. The van der Waals surface area contributed by atoms with Crippen molar-refractivity contribution in [1.29, 1.82) is 0 Å². The quantitative estimate of drug-likeness (QED) is 0.622. The summed E-state index contributed by atoms with van der Waals surface area (Å²) in [7, 11) is 0. The molecule has 0 aliphatic rings. The van der Waals surface area contributed by atoms with Gasteiger partial charge in [0.2, 0.25) is 0 Å². The van der Waals surface area contributed by atoms with E-state index in [1.165, 1.54) is 24.3 Å². The maximum atomic E-state index is 13.0. The minimum absolute atomic E-state index is 0.0281. The van der Waals surface area contributed by atoms with Crippen LogP contribution in [0.2, 0.25) is 0 Å². The molecule has 0 spiro atoms. The second kappa shape index (κ2) is 6.79. The van der Waals surface area contributed by atoms with Crippen LogP contribution in [-0.2, 0) is 6.18 Å². The van der Waals surface area contributed by atoms with E-state index in [9.17, 15) is 23.1 Å². The molecule has 27 heavy (non-hydrogen) atoms. The molecule has 3 aromatic rings. The van der Waals surface area contributed by atoms with E-state index in [-0.39, 0.29) is 17.1 Å². The molecule has 2 aromatic carbocycles. The van der Waals surface area contributed by atoms with E-state index in [1.807, 2.05) is 6.92 Å². The molecule has 3 rings (SSSR count). The zero-order chi connectivity index (χ0) is 19.8. The molecule has 0 aliphatic heterocycles. The number of aromatic nitrogens is 2. The van der Waals surface area contributed by atoms with Gasteiger partial charge in [0, 0.05) is 5.56 Å². The largest absolute Gasteiger partial charge is 0.507 e. The van der Waals surface area contributed by atoms with Crippen molar-refractivity contribution in [2.45, 2.75) is 20.0 Å². The van der Waals surface area contributed by atoms with Crippen LogP contribution in [0, 0.1) is 13.8 Å². The lowest BCUT2D eigenvalue weighted by Gasteiger charge is -2.12. The first-order valence-electron chi connectivity index (χ1n) is 8.01. The van der Waals surface area contributed by atoms with Crippen LogP contribution in [0.15, 0.2) is 42.5 Å². The van der Waals surface area contributed by atoms with Crippen LogP contribution < -0.4 is 5.32 Å². The molecule has 0 aliphatic carbocycles. The van der Waals surface area contributed by atoms with Gasteiger partial charge in [-0.25, -0.2) is 0 Å². The molecule has 8 heteroatoms. The molecular formula is C19H16F3N3O2. The van der Waals surface area contributed by atoms with E-state index < -0.39 is 17.6 Å². The number of aromatic amines is 1. The minimum Gasteiger partial charge on any atom is -0.507 e. The molecule has 0 saturated carbocycles. The fourth-order valence-corrected chi connectivity index (χ4v) is 2.61. The van der Waals surface area contributed by atoms with Gasteiger partial charge in [0.05, 0.1) is 16.9 Å². The summed E-state index contributed by atoms with van der Waals surface area (Å²) in [6.45, 7) is 3.60. The van der Waals surface area contributed by atoms with Crippen molar-refractivity contribution in [2.24, 2.45) is 0 Å². The number of carbonyl (C=O) groups is 1. The summed E-state index contributed by atoms with van der Waals surface area (Å²) in [5, 5.41) is 19.0. The van der Waals surface area contributed by atoms with Crippen molar-refractivity contribution in [3.05, 3.63) is 64.8 Å². The third-order valence-corrected chi connectivity index (χ3v) is 4.28. The van der Waals surface area contributed by atoms with Gasteiger partial charge in [-0.05, 0) is 49.2 Å². The summed E-state index contributed by atoms with van der Waals surface area (Å²) < 4.78 is 39.1. The highest BCUT2D eigenvalue weighted by Crippen LogP contribution is 2.35. The predicted octanol–water partition coefficient (Wildman–Crippen LogP) is 4.67. The average molecular weight is 375 g/mol. The Balaban J connectivity index is 1.88. The highest BCUT2D eigenvalue weighted by Gasteiger charge is 2.33. The molecule has 0 atom stereocenters. The minimum atomic E-state index is -4.59. The molecular weight excluding hydrogens is 359 g/mol. The number of alkyl halides is 3. The van der Waals surface area contributed by atoms with Crippen LogP contribution in [-0.4, -0.2) is 21.2 Å². The number of aryl methyl sites for hydroxylation is 1. The third kappa shape index (κ3) is 3.64. The van der Waals surface area contributed by atoms with Gasteiger partial charge in [0.15, 0.2) is 0 Å². The second-order valence-corrected chi connectivity index (χ2v) is 6.07. The monoisotopic (exact) mass is 375 g/mol. The van der Waals surface area contributed by atoms with Crippen LogP contribution >= 0.6 is 0 Å². The Bertz CT molecular complexity index is 1010. The van der Waals surface area contributed by atoms with Gasteiger partial charge in [-0.3, -0.25) is 9.89 Å². The Morgan fingerprint density at radius 1 is 1.15 bits per heavy atom. The number of amides is 1. The van der Waals surface area contributed by atoms with Gasteiger partial charge in [0.25, 0.3) is 5.91 Å². The maximum absolute atomic E-state index is 13.0. The van der Waals surface area contributed by atoms with Gasteiger partial charge in [-0.1, -0.05) is 18.2 Å². The zero-order valence-corrected chi connectivity index (χ0v) is 14.5. The number of hydrogen-bond acceptors (Lipinski definition) is 3. The average Bonchev–Trinajstić information content (AvgIpc) is 3.09. The molecule has 0 radical (unpaired) electrons. The smallest absolute Gasteiger partial charge is 0.418 e. The Morgan fingerprint density at radius 2 is 1.85 bits per heavy atom. The van der Waals surface area contributed by atoms with E-state index in [4.69, 9.17) is 0 Å². The first-order valence-corrected chi connectivity index (χ1v) is 8.01. The number of hydrogen-bond donors (Lipinski definition) is 3. The molecule has 0 unspecified atom stereocenters. The molecule has 140 valence electrons. The summed E-state index contributed by atoms with van der Waals surface area (Å²) >= 11 is 0. The fourth-order valence-electron chi connectivity index (χ4n) is 2.61. The van der Waals surface area contributed by atoms with Crippen molar-refractivity contribution >= 4 is 11.6 Å². The number of halogens is 3. The zero-order valence-electron chi connectivity index (χ0n) is 14.5. The number of H-pyrrole nitrogens is 1. The standard InChI is InChI=1S/C19H16F3N3O2/c1-10-7-8-12(17(26)11(10)2)15-9-16(25-24-15)18(27)23-14-6-4-3-5-13(14)19(20,21)22/h3-9,26H,1-2H3,(H,23,27)(H,24,25). The van der Waals surface area contributed by atoms with E-state index in [0.29, 0.717) is 16.8 Å². The van der Waals surface area contributed by atoms with Crippen LogP contribution in [0.25, 0.3) is 11.3 Å². The van der Waals surface area contributed by atoms with Gasteiger partial charge in [-0.15, -0.1) is 0 Å². The lowest BCUT2D eigenvalue weighted by molar-refractivity contribution is -0.136. The summed E-state index contributed by atoms with van der Waals surface area (Å²) in [4.78, 5) is 12.3. The van der Waals surface area contributed by atoms with Gasteiger partial charge < -0.3 is 10.4 Å². The topological polar surface area (TPSA) is 78.0 Å². The number of nitrogens with zero attached hydrogens (tertiary/aromatic N) is 1. The molecule has 1 amide bonds. The molecule has 1 aromatic heterocycles. The molecule has 0 saturated heterocycles. The van der Waals surface area contributed by atoms with Crippen molar-refractivity contribution in [3.63, 3.8) is 0 Å². The SMILES string of the molecule is Cc1ccc(-c2cc(C(=O)Nc3ccccc3C(F)(F)F)[nH]n2)c(O)c1C. The fraction of sp³-hybridized carbons (Fsp3) is 0.158.